The largest absolute Gasteiger partial charge is 0.508 e. The molecule has 0 bridgehead atoms. The topological polar surface area (TPSA) is 69.6 Å². The Bertz CT molecular complexity index is 879. The van der Waals surface area contributed by atoms with Crippen LogP contribution in [-0.2, 0) is 9.59 Å². The number of rotatable bonds is 4. The van der Waals surface area contributed by atoms with Crippen molar-refractivity contribution in [3.05, 3.63) is 65.1 Å². The summed E-state index contributed by atoms with van der Waals surface area (Å²) in [5.74, 6) is -0.524. The molecule has 1 saturated heterocycles. The Morgan fingerprint density at radius 2 is 1.85 bits per heavy atom. The summed E-state index contributed by atoms with van der Waals surface area (Å²) in [5.41, 5.74) is 1.43. The first-order chi connectivity index (χ1) is 12.5. The van der Waals surface area contributed by atoms with Crippen molar-refractivity contribution < 1.29 is 14.7 Å². The lowest BCUT2D eigenvalue weighted by Gasteiger charge is -2.22. The van der Waals surface area contributed by atoms with Crippen LogP contribution in [0.3, 0.4) is 0 Å². The van der Waals surface area contributed by atoms with E-state index >= 15 is 0 Å². The number of hydrogen-bond donors (Lipinski definition) is 2. The van der Waals surface area contributed by atoms with Gasteiger partial charge in [-0.05, 0) is 42.8 Å². The summed E-state index contributed by atoms with van der Waals surface area (Å²) >= 11 is 6.49. The van der Waals surface area contributed by atoms with Gasteiger partial charge in [0.2, 0.25) is 5.91 Å². The van der Waals surface area contributed by atoms with Gasteiger partial charge in [0.15, 0.2) is 0 Å². The molecule has 0 spiro atoms. The number of anilines is 1. The van der Waals surface area contributed by atoms with Crippen LogP contribution in [0.4, 0.5) is 5.69 Å². The Morgan fingerprint density at radius 1 is 1.19 bits per heavy atom. The van der Waals surface area contributed by atoms with Crippen LogP contribution in [0.1, 0.15) is 12.5 Å². The number of nitrogens with zero attached hydrogens (tertiary/aromatic N) is 1. The maximum atomic E-state index is 12.7. The highest BCUT2D eigenvalue weighted by atomic mass is 32.2. The van der Waals surface area contributed by atoms with E-state index in [0.29, 0.717) is 14.9 Å². The maximum Gasteiger partial charge on any atom is 0.266 e. The smallest absolute Gasteiger partial charge is 0.266 e. The van der Waals surface area contributed by atoms with Gasteiger partial charge in [0.05, 0.1) is 4.91 Å². The Hall–Kier alpha value is -2.64. The number of thiocarbonyl (C=S) groups is 1. The van der Waals surface area contributed by atoms with Crippen LogP contribution in [0, 0.1) is 0 Å². The molecule has 3 rings (SSSR count). The molecule has 1 aliphatic heterocycles. The van der Waals surface area contributed by atoms with E-state index in [9.17, 15) is 14.7 Å². The summed E-state index contributed by atoms with van der Waals surface area (Å²) in [6.45, 7) is 1.63. The van der Waals surface area contributed by atoms with Crippen LogP contribution in [-0.4, -0.2) is 32.2 Å². The van der Waals surface area contributed by atoms with Crippen LogP contribution in [0.15, 0.2) is 59.5 Å². The molecule has 1 unspecified atom stereocenters. The second-order valence-corrected chi connectivity index (χ2v) is 7.35. The molecule has 0 saturated carbocycles. The molecule has 26 heavy (non-hydrogen) atoms. The third-order valence-corrected chi connectivity index (χ3v) is 5.15. The number of phenols is 1. The van der Waals surface area contributed by atoms with Crippen LogP contribution in [0.5, 0.6) is 5.75 Å². The molecule has 5 nitrogen and oxygen atoms in total. The van der Waals surface area contributed by atoms with Gasteiger partial charge in [0.25, 0.3) is 5.91 Å². The van der Waals surface area contributed by atoms with Gasteiger partial charge in [-0.2, -0.15) is 0 Å². The highest BCUT2D eigenvalue weighted by Gasteiger charge is 2.38. The zero-order valence-electron chi connectivity index (χ0n) is 13.9. The first-order valence-corrected chi connectivity index (χ1v) is 9.10. The third-order valence-electron chi connectivity index (χ3n) is 3.82. The fourth-order valence-corrected chi connectivity index (χ4v) is 3.84. The van der Waals surface area contributed by atoms with E-state index in [1.165, 1.54) is 28.8 Å². The lowest BCUT2D eigenvalue weighted by Crippen LogP contribution is -2.44. The van der Waals surface area contributed by atoms with E-state index in [4.69, 9.17) is 12.2 Å². The van der Waals surface area contributed by atoms with Gasteiger partial charge < -0.3 is 10.4 Å². The summed E-state index contributed by atoms with van der Waals surface area (Å²) in [4.78, 5) is 27.0. The molecule has 0 aromatic heterocycles. The van der Waals surface area contributed by atoms with Crippen LogP contribution >= 0.6 is 24.0 Å². The molecule has 2 N–H and O–H groups in total. The summed E-state index contributed by atoms with van der Waals surface area (Å²) < 4.78 is 0.352. The minimum Gasteiger partial charge on any atom is -0.508 e. The Labute approximate surface area is 160 Å². The third kappa shape index (κ3) is 3.95. The SMILES string of the molecule is CC(C(=O)Nc1ccc(O)cc1)N1C(=O)/C(=C/c2ccccc2)SC1=S. The molecule has 7 heteroatoms. The average Bonchev–Trinajstić information content (AvgIpc) is 2.90. The number of carbonyl (C=O) groups is 2. The molecule has 1 aliphatic rings. The number of aromatic hydroxyl groups is 1. The summed E-state index contributed by atoms with van der Waals surface area (Å²) in [5, 5.41) is 12.0. The molecule has 0 aliphatic carbocycles. The maximum absolute atomic E-state index is 12.7. The molecule has 2 amide bonds. The minimum atomic E-state index is -0.752. The average molecular weight is 384 g/mol. The van der Waals surface area contributed by atoms with Gasteiger partial charge in [-0.1, -0.05) is 54.3 Å². The Balaban J connectivity index is 1.74. The van der Waals surface area contributed by atoms with E-state index in [1.807, 2.05) is 30.3 Å². The lowest BCUT2D eigenvalue weighted by molar-refractivity contribution is -0.129. The van der Waals surface area contributed by atoms with Crippen molar-refractivity contribution in [3.8, 4) is 5.75 Å². The highest BCUT2D eigenvalue weighted by molar-refractivity contribution is 8.26. The van der Waals surface area contributed by atoms with E-state index in [-0.39, 0.29) is 17.6 Å². The Kier molecular flexibility index (Phi) is 5.39. The quantitative estimate of drug-likeness (QED) is 0.479. The molecule has 1 heterocycles. The van der Waals surface area contributed by atoms with Crippen molar-refractivity contribution in [1.82, 2.24) is 4.90 Å². The predicted octanol–water partition coefficient (Wildman–Crippen LogP) is 3.62. The number of carbonyl (C=O) groups excluding carboxylic acids is 2. The minimum absolute atomic E-state index is 0.110. The number of amides is 2. The molecule has 1 fully saturated rings. The molecule has 0 radical (unpaired) electrons. The monoisotopic (exact) mass is 384 g/mol. The number of benzene rings is 2. The van der Waals surface area contributed by atoms with Crippen molar-refractivity contribution in [2.45, 2.75) is 13.0 Å². The molecular formula is C19H16N2O3S2. The van der Waals surface area contributed by atoms with Crippen LogP contribution < -0.4 is 5.32 Å². The number of nitrogens with one attached hydrogen (secondary N) is 1. The van der Waals surface area contributed by atoms with E-state index in [2.05, 4.69) is 5.32 Å². The van der Waals surface area contributed by atoms with Crippen molar-refractivity contribution >= 4 is 51.9 Å². The molecule has 132 valence electrons. The number of hydrogen-bond acceptors (Lipinski definition) is 5. The van der Waals surface area contributed by atoms with Crippen molar-refractivity contribution in [2.75, 3.05) is 5.32 Å². The first kappa shape index (κ1) is 18.2. The Morgan fingerprint density at radius 3 is 2.50 bits per heavy atom. The number of thioether (sulfide) groups is 1. The first-order valence-electron chi connectivity index (χ1n) is 7.88. The van der Waals surface area contributed by atoms with Gasteiger partial charge in [-0.15, -0.1) is 0 Å². The standard InChI is InChI=1S/C19H16N2O3S2/c1-12(17(23)20-14-7-9-15(22)10-8-14)21-18(24)16(26-19(21)25)11-13-5-3-2-4-6-13/h2-12,22H,1H3,(H,20,23)/b16-11-. The van der Waals surface area contributed by atoms with Crippen molar-refractivity contribution in [1.29, 1.82) is 0 Å². The summed E-state index contributed by atoms with van der Waals surface area (Å²) in [6.07, 6.45) is 1.77. The van der Waals surface area contributed by atoms with Gasteiger partial charge in [-0.25, -0.2) is 0 Å². The fraction of sp³-hybridized carbons (Fsp3) is 0.105. The van der Waals surface area contributed by atoms with Crippen LogP contribution in [0.2, 0.25) is 0 Å². The molecular weight excluding hydrogens is 368 g/mol. The highest BCUT2D eigenvalue weighted by Crippen LogP contribution is 2.34. The zero-order chi connectivity index (χ0) is 18.7. The summed E-state index contributed by atoms with van der Waals surface area (Å²) in [6, 6.07) is 14.8. The second kappa shape index (κ2) is 7.72. The van der Waals surface area contributed by atoms with Crippen molar-refractivity contribution in [3.63, 3.8) is 0 Å². The van der Waals surface area contributed by atoms with Gasteiger partial charge in [0.1, 0.15) is 16.1 Å². The van der Waals surface area contributed by atoms with E-state index in [1.54, 1.807) is 25.1 Å². The van der Waals surface area contributed by atoms with Gasteiger partial charge >= 0.3 is 0 Å². The van der Waals surface area contributed by atoms with Crippen molar-refractivity contribution in [2.24, 2.45) is 0 Å². The van der Waals surface area contributed by atoms with Gasteiger partial charge in [-0.3, -0.25) is 14.5 Å². The second-order valence-electron chi connectivity index (χ2n) is 5.67. The molecule has 2 aromatic rings. The predicted molar refractivity (Wildman–Crippen MR) is 108 cm³/mol. The van der Waals surface area contributed by atoms with Crippen LogP contribution in [0.25, 0.3) is 6.08 Å². The zero-order valence-corrected chi connectivity index (χ0v) is 15.5. The van der Waals surface area contributed by atoms with E-state index in [0.717, 1.165) is 5.56 Å². The fourth-order valence-electron chi connectivity index (χ4n) is 2.42. The lowest BCUT2D eigenvalue weighted by atomic mass is 10.2. The number of phenolic OH excluding ortho intramolecular Hbond substituents is 1. The van der Waals surface area contributed by atoms with Gasteiger partial charge in [0, 0.05) is 5.69 Å². The van der Waals surface area contributed by atoms with E-state index < -0.39 is 6.04 Å². The molecule has 1 atom stereocenters. The summed E-state index contributed by atoms with van der Waals surface area (Å²) in [7, 11) is 0. The normalized spacial score (nSPS) is 16.8. The molecule has 2 aromatic carbocycles.